The first-order chi connectivity index (χ1) is 13.9. The molecule has 0 unspecified atom stereocenters. The van der Waals surface area contributed by atoms with Gasteiger partial charge in [-0.25, -0.2) is 0 Å². The molecule has 1 saturated heterocycles. The number of aliphatic hydroxyl groups is 1. The van der Waals surface area contributed by atoms with Crippen LogP contribution < -0.4 is 28.6 Å². The molecule has 1 aliphatic rings. The fourth-order valence-electron chi connectivity index (χ4n) is 3.55. The van der Waals surface area contributed by atoms with Gasteiger partial charge in [0.1, 0.15) is 5.75 Å². The van der Waals surface area contributed by atoms with E-state index in [0.29, 0.717) is 37.2 Å². The highest BCUT2D eigenvalue weighted by molar-refractivity contribution is 5.87. The molecule has 2 atom stereocenters. The zero-order valence-electron chi connectivity index (χ0n) is 17.0. The van der Waals surface area contributed by atoms with E-state index in [1.807, 2.05) is 36.4 Å². The van der Waals surface area contributed by atoms with Crippen molar-refractivity contribution in [1.29, 1.82) is 0 Å². The largest absolute Gasteiger partial charge is 1.00 e. The Morgan fingerprint density at radius 3 is 2.70 bits per heavy atom. The van der Waals surface area contributed by atoms with Crippen molar-refractivity contribution in [2.75, 3.05) is 13.2 Å². The van der Waals surface area contributed by atoms with Gasteiger partial charge in [0.2, 0.25) is 5.82 Å². The Hall–Kier alpha value is -2.84. The number of hydrogen-bond donors (Lipinski definition) is 3. The second kappa shape index (κ2) is 8.89. The van der Waals surface area contributed by atoms with Crippen LogP contribution in [0.3, 0.4) is 0 Å². The van der Waals surface area contributed by atoms with E-state index in [0.717, 1.165) is 22.1 Å². The zero-order chi connectivity index (χ0) is 20.5. The first-order valence-corrected chi connectivity index (χ1v) is 9.75. The van der Waals surface area contributed by atoms with E-state index < -0.39 is 12.1 Å². The average Bonchev–Trinajstić information content (AvgIpc) is 3.32. The summed E-state index contributed by atoms with van der Waals surface area (Å²) in [7, 11) is 0. The highest BCUT2D eigenvalue weighted by Crippen LogP contribution is 2.30. The molecule has 5 N–H and O–H groups in total. The number of guanidine groups is 1. The van der Waals surface area contributed by atoms with E-state index in [-0.39, 0.29) is 18.4 Å². The Morgan fingerprint density at radius 2 is 1.97 bits per heavy atom. The van der Waals surface area contributed by atoms with Crippen LogP contribution in [0.4, 0.5) is 0 Å². The van der Waals surface area contributed by atoms with Gasteiger partial charge in [0.15, 0.2) is 6.04 Å². The van der Waals surface area contributed by atoms with Crippen molar-refractivity contribution in [3.05, 3.63) is 42.3 Å². The Morgan fingerprint density at radius 1 is 1.23 bits per heavy atom. The Balaban J connectivity index is 0.00000256. The molecule has 3 aromatic rings. The molecule has 2 heterocycles. The molecular weight excluding hydrogens is 406 g/mol. The van der Waals surface area contributed by atoms with Crippen LogP contribution in [0.25, 0.3) is 22.2 Å². The monoisotopic (exact) mass is 431 g/mol. The van der Waals surface area contributed by atoms with Gasteiger partial charge in [-0.1, -0.05) is 37.2 Å². The summed E-state index contributed by atoms with van der Waals surface area (Å²) in [6, 6.07) is 11.4. The van der Waals surface area contributed by atoms with Crippen molar-refractivity contribution in [3.63, 3.8) is 0 Å². The van der Waals surface area contributed by atoms with Gasteiger partial charge in [0.25, 0.3) is 5.89 Å². The average molecular weight is 432 g/mol. The molecule has 0 saturated carbocycles. The van der Waals surface area contributed by atoms with Gasteiger partial charge >= 0.3 is 5.96 Å². The third-order valence-corrected chi connectivity index (χ3v) is 5.05. The quantitative estimate of drug-likeness (QED) is 0.350. The highest BCUT2D eigenvalue weighted by atomic mass is 35.5. The number of nitrogens with two attached hydrogens (primary N) is 2. The van der Waals surface area contributed by atoms with Gasteiger partial charge in [0, 0.05) is 12.0 Å². The summed E-state index contributed by atoms with van der Waals surface area (Å²) >= 11 is 0. The third kappa shape index (κ3) is 4.34. The Bertz CT molecular complexity index is 1060. The van der Waals surface area contributed by atoms with Crippen LogP contribution in [0, 0.1) is 5.92 Å². The molecule has 0 spiro atoms. The molecule has 30 heavy (non-hydrogen) atoms. The van der Waals surface area contributed by atoms with E-state index in [1.165, 1.54) is 0 Å². The lowest BCUT2D eigenvalue weighted by atomic mass is 10.1. The second-order valence-electron chi connectivity index (χ2n) is 7.80. The molecule has 1 aliphatic heterocycles. The maximum absolute atomic E-state index is 10.3. The summed E-state index contributed by atoms with van der Waals surface area (Å²) in [5.41, 5.74) is 12.3. The van der Waals surface area contributed by atoms with Crippen LogP contribution in [0.1, 0.15) is 32.2 Å². The van der Waals surface area contributed by atoms with Gasteiger partial charge < -0.3 is 26.8 Å². The molecule has 2 aromatic carbocycles. The van der Waals surface area contributed by atoms with Crippen LogP contribution in [0.15, 0.2) is 40.9 Å². The van der Waals surface area contributed by atoms with Gasteiger partial charge in [-0.15, -0.1) is 0 Å². The number of halogens is 1. The fourth-order valence-corrected chi connectivity index (χ4v) is 3.55. The van der Waals surface area contributed by atoms with E-state index in [2.05, 4.69) is 24.0 Å². The SMILES string of the molecule is CC(C)COc1ccc2cc(-c3noc([C@@H]4[C@@H](O)CC[N+]4=C(N)N)n3)ccc2c1.[Cl-]. The standard InChI is InChI=1S/C21H25N5O3.ClH/c1-12(2)11-28-16-6-5-13-9-15(4-3-14(13)10-16)19-24-20(29-25-19)18-17(27)7-8-26(18)21(22)23;/h3-6,9-10,12,17-18,27H,7-8,11H2,1-2H3,(H3,22,23);1H/t17-,18-;/m0./s1. The molecule has 9 heteroatoms. The van der Waals surface area contributed by atoms with Gasteiger partial charge in [-0.2, -0.15) is 4.98 Å². The number of aliphatic hydroxyl groups excluding tert-OH is 1. The maximum Gasteiger partial charge on any atom is 0.341 e. The lowest BCUT2D eigenvalue weighted by Gasteiger charge is -2.10. The number of rotatable bonds is 5. The van der Waals surface area contributed by atoms with Crippen molar-refractivity contribution in [1.82, 2.24) is 10.1 Å². The molecule has 1 fully saturated rings. The molecule has 4 rings (SSSR count). The summed E-state index contributed by atoms with van der Waals surface area (Å²) in [5, 5.41) is 16.5. The van der Waals surface area contributed by atoms with Gasteiger partial charge in [-0.3, -0.25) is 16.0 Å². The summed E-state index contributed by atoms with van der Waals surface area (Å²) in [4.78, 5) is 4.49. The van der Waals surface area contributed by atoms with Gasteiger partial charge in [0.05, 0.1) is 19.3 Å². The number of ether oxygens (including phenoxy) is 1. The lowest BCUT2D eigenvalue weighted by Crippen LogP contribution is -3.00. The Labute approximate surface area is 180 Å². The smallest absolute Gasteiger partial charge is 0.341 e. The summed E-state index contributed by atoms with van der Waals surface area (Å²) in [6.07, 6.45) is -0.122. The molecule has 0 aliphatic carbocycles. The van der Waals surface area contributed by atoms with Crippen molar-refractivity contribution in [2.24, 2.45) is 17.4 Å². The molecule has 160 valence electrons. The first-order valence-electron chi connectivity index (χ1n) is 9.75. The van der Waals surface area contributed by atoms with E-state index in [4.69, 9.17) is 20.7 Å². The van der Waals surface area contributed by atoms with Crippen LogP contribution in [0.5, 0.6) is 5.75 Å². The molecule has 0 radical (unpaired) electrons. The zero-order valence-corrected chi connectivity index (χ0v) is 17.7. The lowest BCUT2D eigenvalue weighted by molar-refractivity contribution is -0.560. The van der Waals surface area contributed by atoms with Crippen LogP contribution >= 0.6 is 0 Å². The predicted molar refractivity (Wildman–Crippen MR) is 109 cm³/mol. The number of benzene rings is 2. The first kappa shape index (κ1) is 21.9. The van der Waals surface area contributed by atoms with Gasteiger partial charge in [-0.05, 0) is 34.9 Å². The third-order valence-electron chi connectivity index (χ3n) is 5.05. The molecule has 0 bridgehead atoms. The molecule has 1 aromatic heterocycles. The maximum atomic E-state index is 10.3. The number of hydrogen-bond acceptors (Lipinski definition) is 5. The molecule has 8 nitrogen and oxygen atoms in total. The number of nitrogens with zero attached hydrogens (tertiary/aromatic N) is 3. The van der Waals surface area contributed by atoms with E-state index >= 15 is 0 Å². The normalized spacial score (nSPS) is 18.6. The number of aromatic nitrogens is 2. The van der Waals surface area contributed by atoms with Crippen molar-refractivity contribution in [3.8, 4) is 17.1 Å². The molecule has 0 amide bonds. The number of fused-ring (bicyclic) bond motifs is 1. The minimum atomic E-state index is -0.661. The van der Waals surface area contributed by atoms with Crippen LogP contribution in [-0.4, -0.2) is 45.0 Å². The minimum Gasteiger partial charge on any atom is -1.00 e. The minimum absolute atomic E-state index is 0. The van der Waals surface area contributed by atoms with Crippen LogP contribution in [0.2, 0.25) is 0 Å². The predicted octanol–water partition coefficient (Wildman–Crippen LogP) is -0.980. The summed E-state index contributed by atoms with van der Waals surface area (Å²) < 4.78 is 12.9. The van der Waals surface area contributed by atoms with Crippen molar-refractivity contribution >= 4 is 16.7 Å². The van der Waals surface area contributed by atoms with Crippen LogP contribution in [-0.2, 0) is 0 Å². The second-order valence-corrected chi connectivity index (χ2v) is 7.80. The topological polar surface area (TPSA) is 123 Å². The van der Waals surface area contributed by atoms with Crippen molar-refractivity contribution in [2.45, 2.75) is 32.4 Å². The Kier molecular flexibility index (Phi) is 6.48. The van der Waals surface area contributed by atoms with E-state index in [9.17, 15) is 5.11 Å². The highest BCUT2D eigenvalue weighted by Gasteiger charge is 2.39. The summed E-state index contributed by atoms with van der Waals surface area (Å²) in [6.45, 7) is 5.47. The molecular formula is C21H26ClN5O3. The van der Waals surface area contributed by atoms with E-state index in [1.54, 1.807) is 4.58 Å². The summed E-state index contributed by atoms with van der Waals surface area (Å²) in [5.74, 6) is 2.22. The fraction of sp³-hybridized carbons (Fsp3) is 0.381. The van der Waals surface area contributed by atoms with Crippen molar-refractivity contribution < 1.29 is 31.3 Å².